The number of halogens is 1. The van der Waals surface area contributed by atoms with Crippen molar-refractivity contribution in [3.8, 4) is 0 Å². The van der Waals surface area contributed by atoms with Crippen molar-refractivity contribution in [2.45, 2.75) is 11.8 Å². The quantitative estimate of drug-likeness (QED) is 0.698. The van der Waals surface area contributed by atoms with Crippen LogP contribution in [-0.2, 0) is 9.84 Å². The van der Waals surface area contributed by atoms with Crippen LogP contribution in [-0.4, -0.2) is 14.7 Å². The van der Waals surface area contributed by atoms with Crippen LogP contribution in [0.25, 0.3) is 0 Å². The highest BCUT2D eigenvalue weighted by molar-refractivity contribution is 7.90. The third-order valence-electron chi connectivity index (χ3n) is 1.46. The van der Waals surface area contributed by atoms with E-state index < -0.39 is 9.84 Å². The SMILES string of the molecule is Cc1cc[c]c(S(C)(=O)=O)c1Cl. The van der Waals surface area contributed by atoms with Crippen molar-refractivity contribution in [2.24, 2.45) is 0 Å². The van der Waals surface area contributed by atoms with E-state index in [4.69, 9.17) is 11.6 Å². The van der Waals surface area contributed by atoms with Crippen molar-refractivity contribution >= 4 is 21.4 Å². The van der Waals surface area contributed by atoms with Crippen molar-refractivity contribution in [3.05, 3.63) is 28.8 Å². The molecule has 0 amide bonds. The Hall–Kier alpha value is -0.540. The van der Waals surface area contributed by atoms with Crippen LogP contribution in [0.15, 0.2) is 17.0 Å². The zero-order valence-corrected chi connectivity index (χ0v) is 8.33. The molecule has 0 saturated heterocycles. The third-order valence-corrected chi connectivity index (χ3v) is 3.13. The smallest absolute Gasteiger partial charge is 0.177 e. The highest BCUT2D eigenvalue weighted by Gasteiger charge is 2.12. The lowest BCUT2D eigenvalue weighted by molar-refractivity contribution is 0.601. The van der Waals surface area contributed by atoms with E-state index in [0.29, 0.717) is 0 Å². The average molecular weight is 204 g/mol. The summed E-state index contributed by atoms with van der Waals surface area (Å²) in [4.78, 5) is 0.0733. The molecule has 0 aliphatic heterocycles. The molecule has 0 aliphatic carbocycles. The van der Waals surface area contributed by atoms with Crippen LogP contribution in [0, 0.1) is 13.0 Å². The highest BCUT2D eigenvalue weighted by Crippen LogP contribution is 2.23. The molecule has 1 radical (unpaired) electrons. The van der Waals surface area contributed by atoms with E-state index in [0.717, 1.165) is 11.8 Å². The number of rotatable bonds is 1. The number of benzene rings is 1. The third kappa shape index (κ3) is 1.79. The number of aryl methyl sites for hydroxylation is 1. The molecule has 1 rings (SSSR count). The molecule has 2 nitrogen and oxygen atoms in total. The average Bonchev–Trinajstić information content (AvgIpc) is 1.92. The van der Waals surface area contributed by atoms with Crippen molar-refractivity contribution in [1.82, 2.24) is 0 Å². The van der Waals surface area contributed by atoms with Crippen LogP contribution in [0.1, 0.15) is 5.56 Å². The van der Waals surface area contributed by atoms with Gasteiger partial charge in [0.2, 0.25) is 0 Å². The second kappa shape index (κ2) is 3.07. The van der Waals surface area contributed by atoms with Gasteiger partial charge in [-0.2, -0.15) is 0 Å². The maximum absolute atomic E-state index is 11.1. The van der Waals surface area contributed by atoms with Crippen molar-refractivity contribution in [2.75, 3.05) is 6.26 Å². The van der Waals surface area contributed by atoms with Gasteiger partial charge in [0.1, 0.15) is 0 Å². The van der Waals surface area contributed by atoms with Gasteiger partial charge >= 0.3 is 0 Å². The Bertz CT molecular complexity index is 396. The minimum atomic E-state index is -3.24. The molecule has 0 atom stereocenters. The summed E-state index contributed by atoms with van der Waals surface area (Å²) in [5.74, 6) is 0. The Morgan fingerprint density at radius 2 is 2.08 bits per heavy atom. The molecule has 0 aromatic heterocycles. The van der Waals surface area contributed by atoms with E-state index in [1.54, 1.807) is 19.1 Å². The van der Waals surface area contributed by atoms with Gasteiger partial charge in [-0.15, -0.1) is 0 Å². The van der Waals surface area contributed by atoms with E-state index in [-0.39, 0.29) is 9.92 Å². The zero-order valence-electron chi connectivity index (χ0n) is 6.76. The summed E-state index contributed by atoms with van der Waals surface area (Å²) in [5.41, 5.74) is 0.746. The first kappa shape index (κ1) is 9.55. The molecule has 0 saturated carbocycles. The Morgan fingerprint density at radius 1 is 1.50 bits per heavy atom. The fourth-order valence-corrected chi connectivity index (χ4v) is 2.13. The summed E-state index contributed by atoms with van der Waals surface area (Å²) in [5, 5.41) is 0.264. The molecular formula is C8H8ClO2S. The maximum Gasteiger partial charge on any atom is 0.177 e. The first-order chi connectivity index (χ1) is 5.43. The van der Waals surface area contributed by atoms with Gasteiger partial charge < -0.3 is 0 Å². The first-order valence-electron chi connectivity index (χ1n) is 3.30. The molecule has 0 spiro atoms. The van der Waals surface area contributed by atoms with E-state index in [9.17, 15) is 8.42 Å². The topological polar surface area (TPSA) is 34.1 Å². The monoisotopic (exact) mass is 203 g/mol. The fraction of sp³-hybridized carbons (Fsp3) is 0.250. The highest BCUT2D eigenvalue weighted by atomic mass is 35.5. The van der Waals surface area contributed by atoms with E-state index in [1.807, 2.05) is 0 Å². The lowest BCUT2D eigenvalue weighted by Crippen LogP contribution is -1.98. The molecule has 12 heavy (non-hydrogen) atoms. The summed E-state index contributed by atoms with van der Waals surface area (Å²) < 4.78 is 22.2. The Kier molecular flexibility index (Phi) is 2.44. The van der Waals surface area contributed by atoms with Crippen LogP contribution in [0.2, 0.25) is 5.02 Å². The summed E-state index contributed by atoms with van der Waals surface area (Å²) in [6.45, 7) is 1.75. The van der Waals surface area contributed by atoms with Gasteiger partial charge in [-0.1, -0.05) is 23.7 Å². The van der Waals surface area contributed by atoms with Crippen molar-refractivity contribution in [3.63, 3.8) is 0 Å². The molecular weight excluding hydrogens is 196 g/mol. The van der Waals surface area contributed by atoms with E-state index >= 15 is 0 Å². The van der Waals surface area contributed by atoms with Crippen molar-refractivity contribution in [1.29, 1.82) is 0 Å². The molecule has 1 aromatic rings. The molecule has 4 heteroatoms. The molecule has 0 heterocycles. The van der Waals surface area contributed by atoms with Crippen molar-refractivity contribution < 1.29 is 8.42 Å². The minimum absolute atomic E-state index is 0.0733. The van der Waals surface area contributed by atoms with Gasteiger partial charge in [-0.05, 0) is 12.5 Å². The molecule has 0 unspecified atom stereocenters. The van der Waals surface area contributed by atoms with E-state index in [2.05, 4.69) is 6.07 Å². The molecule has 0 N–H and O–H groups in total. The summed E-state index contributed by atoms with van der Waals surface area (Å²) >= 11 is 5.77. The van der Waals surface area contributed by atoms with Crippen LogP contribution >= 0.6 is 11.6 Å². The number of hydrogen-bond acceptors (Lipinski definition) is 2. The summed E-state index contributed by atoms with van der Waals surface area (Å²) in [6.07, 6.45) is 1.12. The molecule has 1 aromatic carbocycles. The van der Waals surface area contributed by atoms with Crippen LogP contribution < -0.4 is 0 Å². The van der Waals surface area contributed by atoms with Crippen LogP contribution in [0.5, 0.6) is 0 Å². The predicted octanol–water partition coefficient (Wildman–Crippen LogP) is 1.85. The van der Waals surface area contributed by atoms with Crippen LogP contribution in [0.3, 0.4) is 0 Å². The molecule has 0 bridgehead atoms. The van der Waals surface area contributed by atoms with Gasteiger partial charge in [0.05, 0.1) is 9.92 Å². The predicted molar refractivity (Wildman–Crippen MR) is 48.1 cm³/mol. The lowest BCUT2D eigenvalue weighted by Gasteiger charge is -2.02. The number of hydrogen-bond donors (Lipinski definition) is 0. The van der Waals surface area contributed by atoms with Gasteiger partial charge in [0, 0.05) is 12.3 Å². The fourth-order valence-electron chi connectivity index (χ4n) is 0.828. The maximum atomic E-state index is 11.1. The second-order valence-electron chi connectivity index (χ2n) is 2.58. The first-order valence-corrected chi connectivity index (χ1v) is 5.56. The summed E-state index contributed by atoms with van der Waals surface area (Å²) in [6, 6.07) is 5.87. The Balaban J connectivity index is 3.47. The van der Waals surface area contributed by atoms with Gasteiger partial charge in [-0.3, -0.25) is 0 Å². The second-order valence-corrected chi connectivity index (χ2v) is 4.91. The van der Waals surface area contributed by atoms with E-state index in [1.165, 1.54) is 0 Å². The standard InChI is InChI=1S/C8H8ClO2S/c1-6-4-3-5-7(8(6)9)12(2,10)11/h3-4H,1-2H3. The minimum Gasteiger partial charge on any atom is -0.224 e. The molecule has 0 aliphatic rings. The van der Waals surface area contributed by atoms with Gasteiger partial charge in [0.25, 0.3) is 0 Å². The normalized spacial score (nSPS) is 11.6. The van der Waals surface area contributed by atoms with Gasteiger partial charge in [-0.25, -0.2) is 8.42 Å². The van der Waals surface area contributed by atoms with Gasteiger partial charge in [0.15, 0.2) is 9.84 Å². The largest absolute Gasteiger partial charge is 0.224 e. The zero-order chi connectivity index (χ0) is 9.35. The number of sulfone groups is 1. The lowest BCUT2D eigenvalue weighted by atomic mass is 10.2. The summed E-state index contributed by atoms with van der Waals surface area (Å²) in [7, 11) is -3.24. The van der Waals surface area contributed by atoms with Crippen LogP contribution in [0.4, 0.5) is 0 Å². The molecule has 0 fully saturated rings. The Labute approximate surface area is 77.1 Å². The molecule has 65 valence electrons. The Morgan fingerprint density at radius 3 is 2.50 bits per heavy atom.